The molecule has 0 aromatic heterocycles. The Morgan fingerprint density at radius 1 is 1.22 bits per heavy atom. The number of carbonyl (C=O) groups is 2. The molecule has 5 nitrogen and oxygen atoms in total. The lowest BCUT2D eigenvalue weighted by atomic mass is 9.98. The Morgan fingerprint density at radius 3 is 2.70 bits per heavy atom. The smallest absolute Gasteiger partial charge is 0.251 e. The summed E-state index contributed by atoms with van der Waals surface area (Å²) in [7, 11) is 0. The van der Waals surface area contributed by atoms with Crippen molar-refractivity contribution in [3.05, 3.63) is 33.8 Å². The highest BCUT2D eigenvalue weighted by Gasteiger charge is 2.42. The lowest BCUT2D eigenvalue weighted by Crippen LogP contribution is -2.40. The van der Waals surface area contributed by atoms with Crippen LogP contribution in [-0.4, -0.2) is 42.4 Å². The van der Waals surface area contributed by atoms with Crippen molar-refractivity contribution in [3.63, 3.8) is 0 Å². The van der Waals surface area contributed by atoms with Crippen LogP contribution < -0.4 is 11.1 Å². The molecule has 3 N–H and O–H groups in total. The van der Waals surface area contributed by atoms with E-state index in [9.17, 15) is 9.59 Å². The molecule has 1 aliphatic heterocycles. The Hall–Kier alpha value is -1.30. The maximum absolute atomic E-state index is 12.3. The van der Waals surface area contributed by atoms with Gasteiger partial charge < -0.3 is 16.0 Å². The normalized spacial score (nSPS) is 26.2. The lowest BCUT2D eigenvalue weighted by molar-refractivity contribution is -0.129. The molecular formula is C16H19Cl2N3O2. The van der Waals surface area contributed by atoms with Gasteiger partial charge in [-0.15, -0.1) is 0 Å². The number of nitrogens with zero attached hydrogens (tertiary/aromatic N) is 1. The van der Waals surface area contributed by atoms with Crippen molar-refractivity contribution in [1.82, 2.24) is 10.2 Å². The summed E-state index contributed by atoms with van der Waals surface area (Å²) in [5.41, 5.74) is 6.46. The van der Waals surface area contributed by atoms with E-state index < -0.39 is 0 Å². The van der Waals surface area contributed by atoms with Gasteiger partial charge in [-0.3, -0.25) is 9.59 Å². The molecule has 1 aromatic carbocycles. The Labute approximate surface area is 145 Å². The highest BCUT2D eigenvalue weighted by molar-refractivity contribution is 6.42. The number of benzene rings is 1. The Kier molecular flexibility index (Phi) is 4.80. The minimum Gasteiger partial charge on any atom is -0.343 e. The van der Waals surface area contributed by atoms with Crippen LogP contribution in [-0.2, 0) is 4.79 Å². The number of carbonyl (C=O) groups excluding carboxylic acids is 2. The van der Waals surface area contributed by atoms with E-state index in [0.29, 0.717) is 34.0 Å². The van der Waals surface area contributed by atoms with Crippen molar-refractivity contribution < 1.29 is 9.59 Å². The van der Waals surface area contributed by atoms with Crippen molar-refractivity contribution in [2.24, 2.45) is 17.6 Å². The van der Waals surface area contributed by atoms with Gasteiger partial charge >= 0.3 is 0 Å². The third-order valence-corrected chi connectivity index (χ3v) is 5.59. The van der Waals surface area contributed by atoms with E-state index in [1.165, 1.54) is 6.07 Å². The summed E-state index contributed by atoms with van der Waals surface area (Å²) >= 11 is 11.7. The average molecular weight is 356 g/mol. The van der Waals surface area contributed by atoms with Crippen LogP contribution in [0, 0.1) is 11.8 Å². The summed E-state index contributed by atoms with van der Waals surface area (Å²) in [4.78, 5) is 26.1. The molecule has 1 aromatic rings. The molecular weight excluding hydrogens is 337 g/mol. The number of nitrogens with one attached hydrogen (secondary N) is 1. The lowest BCUT2D eigenvalue weighted by Gasteiger charge is -2.19. The molecule has 1 saturated heterocycles. The molecule has 7 heteroatoms. The van der Waals surface area contributed by atoms with Gasteiger partial charge in [-0.05, 0) is 42.9 Å². The van der Waals surface area contributed by atoms with E-state index in [-0.39, 0.29) is 24.4 Å². The second-order valence-corrected chi connectivity index (χ2v) is 7.09. The van der Waals surface area contributed by atoms with Gasteiger partial charge in [0.1, 0.15) is 0 Å². The number of halogens is 2. The predicted molar refractivity (Wildman–Crippen MR) is 89.6 cm³/mol. The molecule has 3 unspecified atom stereocenters. The third-order valence-electron chi connectivity index (χ3n) is 4.85. The summed E-state index contributed by atoms with van der Waals surface area (Å²) in [6, 6.07) is 4.82. The molecule has 23 heavy (non-hydrogen) atoms. The van der Waals surface area contributed by atoms with E-state index >= 15 is 0 Å². The fraction of sp³-hybridized carbons (Fsp3) is 0.500. The second kappa shape index (κ2) is 6.67. The first-order valence-electron chi connectivity index (χ1n) is 7.72. The first-order chi connectivity index (χ1) is 11.0. The van der Waals surface area contributed by atoms with Crippen LogP contribution in [0.3, 0.4) is 0 Å². The largest absolute Gasteiger partial charge is 0.343 e. The second-order valence-electron chi connectivity index (χ2n) is 6.28. The topological polar surface area (TPSA) is 75.4 Å². The number of nitrogens with two attached hydrogens (primary N) is 1. The monoisotopic (exact) mass is 355 g/mol. The van der Waals surface area contributed by atoms with Crippen LogP contribution in [0.15, 0.2) is 18.2 Å². The van der Waals surface area contributed by atoms with Gasteiger partial charge in [0.15, 0.2) is 0 Å². The highest BCUT2D eigenvalue weighted by Crippen LogP contribution is 2.37. The van der Waals surface area contributed by atoms with Gasteiger partial charge in [0.25, 0.3) is 5.91 Å². The molecule has 3 atom stereocenters. The van der Waals surface area contributed by atoms with Crippen LogP contribution in [0.4, 0.5) is 0 Å². The van der Waals surface area contributed by atoms with E-state index in [4.69, 9.17) is 28.9 Å². The molecule has 2 amide bonds. The maximum atomic E-state index is 12.3. The molecule has 1 saturated carbocycles. The van der Waals surface area contributed by atoms with Crippen LogP contribution >= 0.6 is 23.2 Å². The zero-order chi connectivity index (χ0) is 16.6. The standard InChI is InChI=1S/C16H19Cl2N3O2/c17-12-3-1-9(5-13(12)18)16(23)20-6-15(22)21-7-10-2-4-14(19)11(10)8-21/h1,3,5,10-11,14H,2,4,6-8,19H2,(H,20,23). The first kappa shape index (κ1) is 16.6. The van der Waals surface area contributed by atoms with Gasteiger partial charge in [-0.1, -0.05) is 23.2 Å². The Bertz CT molecular complexity index is 638. The number of amides is 2. The average Bonchev–Trinajstić information content (AvgIpc) is 3.10. The third kappa shape index (κ3) is 3.47. The van der Waals surface area contributed by atoms with Crippen molar-refractivity contribution in [3.8, 4) is 0 Å². The van der Waals surface area contributed by atoms with Crippen molar-refractivity contribution in [1.29, 1.82) is 0 Å². The van der Waals surface area contributed by atoms with Crippen molar-refractivity contribution in [2.45, 2.75) is 18.9 Å². The van der Waals surface area contributed by atoms with Crippen LogP contribution in [0.25, 0.3) is 0 Å². The predicted octanol–water partition coefficient (Wildman–Crippen LogP) is 1.92. The summed E-state index contributed by atoms with van der Waals surface area (Å²) in [6.07, 6.45) is 2.14. The Morgan fingerprint density at radius 2 is 2.00 bits per heavy atom. The van der Waals surface area contributed by atoms with Crippen LogP contribution in [0.2, 0.25) is 10.0 Å². The number of fused-ring (bicyclic) bond motifs is 1. The molecule has 124 valence electrons. The zero-order valence-electron chi connectivity index (χ0n) is 12.6. The van der Waals surface area contributed by atoms with E-state index in [0.717, 1.165) is 19.4 Å². The van der Waals surface area contributed by atoms with Gasteiger partial charge in [-0.2, -0.15) is 0 Å². The molecule has 1 aliphatic carbocycles. The summed E-state index contributed by atoms with van der Waals surface area (Å²) in [6.45, 7) is 1.43. The summed E-state index contributed by atoms with van der Waals surface area (Å²) in [5, 5.41) is 3.34. The van der Waals surface area contributed by atoms with E-state index in [1.807, 2.05) is 4.90 Å². The van der Waals surface area contributed by atoms with Crippen molar-refractivity contribution in [2.75, 3.05) is 19.6 Å². The minimum atomic E-state index is -0.340. The van der Waals surface area contributed by atoms with Crippen LogP contribution in [0.1, 0.15) is 23.2 Å². The molecule has 2 fully saturated rings. The molecule has 3 rings (SSSR count). The van der Waals surface area contributed by atoms with Gasteiger partial charge in [-0.25, -0.2) is 0 Å². The fourth-order valence-corrected chi connectivity index (χ4v) is 3.82. The summed E-state index contributed by atoms with van der Waals surface area (Å²) < 4.78 is 0. The quantitative estimate of drug-likeness (QED) is 0.869. The highest BCUT2D eigenvalue weighted by atomic mass is 35.5. The number of rotatable bonds is 3. The zero-order valence-corrected chi connectivity index (χ0v) is 14.1. The molecule has 0 spiro atoms. The van der Waals surface area contributed by atoms with Gasteiger partial charge in [0.05, 0.1) is 16.6 Å². The molecule has 2 aliphatic rings. The van der Waals surface area contributed by atoms with Gasteiger partial charge in [0.2, 0.25) is 5.91 Å². The number of hydrogen-bond donors (Lipinski definition) is 2. The first-order valence-corrected chi connectivity index (χ1v) is 8.48. The fourth-order valence-electron chi connectivity index (χ4n) is 3.52. The number of hydrogen-bond acceptors (Lipinski definition) is 3. The van der Waals surface area contributed by atoms with Gasteiger partial charge in [0, 0.05) is 24.7 Å². The van der Waals surface area contributed by atoms with Crippen LogP contribution in [0.5, 0.6) is 0 Å². The molecule has 1 heterocycles. The summed E-state index contributed by atoms with van der Waals surface area (Å²) in [5.74, 6) is 0.512. The Balaban J connectivity index is 1.53. The van der Waals surface area contributed by atoms with E-state index in [1.54, 1.807) is 12.1 Å². The van der Waals surface area contributed by atoms with Crippen molar-refractivity contribution >= 4 is 35.0 Å². The number of likely N-dealkylation sites (tertiary alicyclic amines) is 1. The maximum Gasteiger partial charge on any atom is 0.251 e. The molecule has 0 bridgehead atoms. The molecule has 0 radical (unpaired) electrons. The van der Waals surface area contributed by atoms with E-state index in [2.05, 4.69) is 5.32 Å². The SMILES string of the molecule is NC1CCC2CN(C(=O)CNC(=O)c3ccc(Cl)c(Cl)c3)CC12. The minimum absolute atomic E-state index is 0.0201.